The highest BCUT2D eigenvalue weighted by Gasteiger charge is 2.37. The Balaban J connectivity index is 1.20. The Kier molecular flexibility index (Phi) is 8.30. The number of hydrogen-bond acceptors (Lipinski definition) is 4. The van der Waals surface area contributed by atoms with Crippen LogP contribution in [0.15, 0.2) is 35.9 Å². The summed E-state index contributed by atoms with van der Waals surface area (Å²) >= 11 is 13.5. The lowest BCUT2D eigenvalue weighted by Gasteiger charge is -2.33. The molecule has 200 valence electrons. The normalized spacial score (nSPS) is 29.1. The minimum Gasteiger partial charge on any atom is -0.393 e. The number of carbonyl (C=O) groups excluding carboxylic acids is 2. The van der Waals surface area contributed by atoms with Crippen molar-refractivity contribution < 1.29 is 14.7 Å². The zero-order valence-corrected chi connectivity index (χ0v) is 23.1. The number of allylic oxidation sites excluding steroid dienone is 2. The Morgan fingerprint density at radius 1 is 1.00 bits per heavy atom. The van der Waals surface area contributed by atoms with Crippen LogP contribution in [-0.4, -0.2) is 83.5 Å². The second kappa shape index (κ2) is 11.5. The quantitative estimate of drug-likeness (QED) is 0.594. The van der Waals surface area contributed by atoms with Gasteiger partial charge in [0.05, 0.1) is 6.10 Å². The highest BCUT2D eigenvalue weighted by atomic mass is 35.5. The zero-order valence-electron chi connectivity index (χ0n) is 21.5. The fourth-order valence-electron chi connectivity index (χ4n) is 6.18. The molecule has 3 fully saturated rings. The van der Waals surface area contributed by atoms with Crippen LogP contribution in [0.5, 0.6) is 0 Å². The van der Waals surface area contributed by atoms with Crippen molar-refractivity contribution in [3.8, 4) is 0 Å². The molecule has 1 aromatic rings. The molecule has 0 bridgehead atoms. The summed E-state index contributed by atoms with van der Waals surface area (Å²) < 4.78 is 0. The molecule has 2 aliphatic carbocycles. The van der Waals surface area contributed by atoms with Gasteiger partial charge in [0.15, 0.2) is 0 Å². The summed E-state index contributed by atoms with van der Waals surface area (Å²) in [5, 5.41) is 11.0. The van der Waals surface area contributed by atoms with Crippen LogP contribution >= 0.6 is 23.2 Å². The van der Waals surface area contributed by atoms with Crippen LogP contribution in [0.3, 0.4) is 0 Å². The highest BCUT2D eigenvalue weighted by molar-refractivity contribution is 6.36. The first-order chi connectivity index (χ1) is 17.8. The van der Waals surface area contributed by atoms with Crippen molar-refractivity contribution in [3.05, 3.63) is 57.1 Å². The lowest BCUT2D eigenvalue weighted by atomic mass is 9.88. The summed E-state index contributed by atoms with van der Waals surface area (Å²) in [6, 6.07) is 4.19. The molecule has 2 saturated heterocycles. The lowest BCUT2D eigenvalue weighted by molar-refractivity contribution is -0.134. The first kappa shape index (κ1) is 26.7. The molecule has 1 saturated carbocycles. The molecular formula is C29H37Cl2N3O3. The van der Waals surface area contributed by atoms with Crippen molar-refractivity contribution in [1.29, 1.82) is 0 Å². The third-order valence-corrected chi connectivity index (χ3v) is 9.31. The van der Waals surface area contributed by atoms with Crippen LogP contribution in [0.4, 0.5) is 0 Å². The van der Waals surface area contributed by atoms with E-state index < -0.39 is 0 Å². The van der Waals surface area contributed by atoms with Gasteiger partial charge in [-0.25, -0.2) is 0 Å². The molecule has 1 unspecified atom stereocenters. The van der Waals surface area contributed by atoms with E-state index in [1.54, 1.807) is 0 Å². The number of aliphatic hydroxyl groups excluding tert-OH is 1. The van der Waals surface area contributed by atoms with Gasteiger partial charge < -0.3 is 19.8 Å². The van der Waals surface area contributed by atoms with Gasteiger partial charge in [-0.15, -0.1) is 0 Å². The first-order valence-electron chi connectivity index (χ1n) is 13.6. The topological polar surface area (TPSA) is 64.1 Å². The minimum atomic E-state index is -0.223. The molecule has 2 heterocycles. The van der Waals surface area contributed by atoms with Crippen molar-refractivity contribution >= 4 is 35.0 Å². The van der Waals surface area contributed by atoms with Gasteiger partial charge >= 0.3 is 0 Å². The minimum absolute atomic E-state index is 0.103. The van der Waals surface area contributed by atoms with Crippen molar-refractivity contribution in [1.82, 2.24) is 14.7 Å². The Bertz CT molecular complexity index is 1060. The molecule has 8 heteroatoms. The molecule has 5 rings (SSSR count). The molecule has 37 heavy (non-hydrogen) atoms. The number of likely N-dealkylation sites (tertiary alicyclic amines) is 1. The number of amides is 2. The van der Waals surface area contributed by atoms with E-state index in [1.165, 1.54) is 0 Å². The number of rotatable bonds is 5. The molecular weight excluding hydrogens is 509 g/mol. The number of likely N-dealkylation sites (N-methyl/N-ethyl adjacent to an activating group) is 1. The molecule has 2 atom stereocenters. The van der Waals surface area contributed by atoms with Crippen molar-refractivity contribution in [2.24, 2.45) is 5.92 Å². The molecule has 2 amide bonds. The van der Waals surface area contributed by atoms with E-state index in [1.807, 2.05) is 34.1 Å². The summed E-state index contributed by atoms with van der Waals surface area (Å²) in [5.41, 5.74) is 2.62. The number of hydrogen-bond donors (Lipinski definition) is 1. The van der Waals surface area contributed by atoms with Crippen LogP contribution in [-0.2, 0) is 16.0 Å². The largest absolute Gasteiger partial charge is 0.393 e. The standard InChI is InChI=1S/C29H37Cl2N3O3/c1-32-12-14-33(15-13-32)28(36)20-4-2-19(3-5-20)22-17-26(30)25(27(31)18-22)16-21-10-11-34(29(21)37)23-6-8-24(35)9-7-23/h2,4-5,17-19,21,23-24,35H,3,6-16H2,1H3/t19?,21-,23?,24?/m0/s1. The van der Waals surface area contributed by atoms with Gasteiger partial charge in [-0.1, -0.05) is 41.4 Å². The number of benzene rings is 1. The smallest absolute Gasteiger partial charge is 0.253 e. The molecule has 1 aromatic carbocycles. The Labute approximate surface area is 229 Å². The molecule has 0 spiro atoms. The summed E-state index contributed by atoms with van der Waals surface area (Å²) in [7, 11) is 2.08. The van der Waals surface area contributed by atoms with Gasteiger partial charge in [0.25, 0.3) is 5.91 Å². The summed E-state index contributed by atoms with van der Waals surface area (Å²) in [6.07, 6.45) is 11.2. The predicted octanol–water partition coefficient (Wildman–Crippen LogP) is 4.43. The number of halogens is 2. The van der Waals surface area contributed by atoms with E-state index in [2.05, 4.69) is 18.0 Å². The zero-order chi connectivity index (χ0) is 26.1. The predicted molar refractivity (Wildman–Crippen MR) is 147 cm³/mol. The second-order valence-corrected chi connectivity index (χ2v) is 11.9. The SMILES string of the molecule is CN1CCN(C(=O)C2=CCC(c3cc(Cl)c(C[C@@H]4CCN(C5CCC(O)CC5)C4=O)c(Cl)c3)C=C2)CC1. The average molecular weight is 547 g/mol. The second-order valence-electron chi connectivity index (χ2n) is 11.1. The van der Waals surface area contributed by atoms with Crippen LogP contribution in [0.1, 0.15) is 55.6 Å². The van der Waals surface area contributed by atoms with Crippen molar-refractivity contribution in [2.45, 2.75) is 63.0 Å². The van der Waals surface area contributed by atoms with Crippen LogP contribution in [0.2, 0.25) is 10.0 Å². The van der Waals surface area contributed by atoms with Gasteiger partial charge in [-0.05, 0) is 75.3 Å². The van der Waals surface area contributed by atoms with Crippen LogP contribution in [0, 0.1) is 5.92 Å². The number of aliphatic hydroxyl groups is 1. The maximum Gasteiger partial charge on any atom is 0.253 e. The van der Waals surface area contributed by atoms with E-state index in [4.69, 9.17) is 23.2 Å². The van der Waals surface area contributed by atoms with Gasteiger partial charge in [-0.2, -0.15) is 0 Å². The number of piperazine rings is 1. The third kappa shape index (κ3) is 5.93. The monoisotopic (exact) mass is 545 g/mol. The van der Waals surface area contributed by atoms with Gasteiger partial charge in [0, 0.05) is 66.2 Å². The summed E-state index contributed by atoms with van der Waals surface area (Å²) in [6.45, 7) is 4.11. The number of carbonyl (C=O) groups is 2. The van der Waals surface area contributed by atoms with Gasteiger partial charge in [-0.3, -0.25) is 9.59 Å². The van der Waals surface area contributed by atoms with E-state index in [0.29, 0.717) is 16.5 Å². The molecule has 0 radical (unpaired) electrons. The van der Waals surface area contributed by atoms with E-state index >= 15 is 0 Å². The van der Waals surface area contributed by atoms with Crippen LogP contribution < -0.4 is 0 Å². The fraction of sp³-hybridized carbons (Fsp3) is 0.586. The highest BCUT2D eigenvalue weighted by Crippen LogP contribution is 2.37. The van der Waals surface area contributed by atoms with Crippen molar-refractivity contribution in [2.75, 3.05) is 39.8 Å². The third-order valence-electron chi connectivity index (χ3n) is 8.64. The fourth-order valence-corrected chi connectivity index (χ4v) is 6.84. The Morgan fingerprint density at radius 3 is 2.30 bits per heavy atom. The molecule has 6 nitrogen and oxygen atoms in total. The average Bonchev–Trinajstić information content (AvgIpc) is 3.26. The van der Waals surface area contributed by atoms with E-state index in [9.17, 15) is 14.7 Å². The molecule has 1 N–H and O–H groups in total. The molecule has 4 aliphatic rings. The van der Waals surface area contributed by atoms with Crippen molar-refractivity contribution in [3.63, 3.8) is 0 Å². The van der Waals surface area contributed by atoms with E-state index in [-0.39, 0.29) is 35.8 Å². The first-order valence-corrected chi connectivity index (χ1v) is 14.4. The van der Waals surface area contributed by atoms with Gasteiger partial charge in [0.1, 0.15) is 0 Å². The maximum absolute atomic E-state index is 13.2. The summed E-state index contributed by atoms with van der Waals surface area (Å²) in [4.78, 5) is 32.3. The number of nitrogens with zero attached hydrogens (tertiary/aromatic N) is 3. The Hall–Kier alpha value is -1.86. The summed E-state index contributed by atoms with van der Waals surface area (Å²) in [5.74, 6) is 0.302. The Morgan fingerprint density at radius 2 is 1.68 bits per heavy atom. The lowest BCUT2D eigenvalue weighted by Crippen LogP contribution is -2.47. The van der Waals surface area contributed by atoms with E-state index in [0.717, 1.165) is 87.9 Å². The molecule has 2 aliphatic heterocycles. The van der Waals surface area contributed by atoms with Crippen LogP contribution in [0.25, 0.3) is 0 Å². The molecule has 0 aromatic heterocycles. The van der Waals surface area contributed by atoms with Gasteiger partial charge in [0.2, 0.25) is 5.91 Å². The maximum atomic E-state index is 13.2.